The monoisotopic (exact) mass is 259 g/mol. The Bertz CT molecular complexity index is 656. The van der Waals surface area contributed by atoms with Crippen LogP contribution in [0.4, 0.5) is 4.39 Å². The summed E-state index contributed by atoms with van der Waals surface area (Å²) in [5.74, 6) is 1.06. The molecule has 1 aromatic carbocycles. The van der Waals surface area contributed by atoms with E-state index < -0.39 is 0 Å². The average molecular weight is 259 g/mol. The highest BCUT2D eigenvalue weighted by atomic mass is 19.1. The highest BCUT2D eigenvalue weighted by molar-refractivity contribution is 5.93. The predicted octanol–water partition coefficient (Wildman–Crippen LogP) is 3.87. The van der Waals surface area contributed by atoms with Gasteiger partial charge in [-0.05, 0) is 43.5 Å². The SMILES string of the molecule is CC(=O)c1nc(-c2ccc(F)c(C)c2)oc1C1CC1. The molecule has 1 fully saturated rings. The first-order valence-corrected chi connectivity index (χ1v) is 6.34. The van der Waals surface area contributed by atoms with E-state index in [4.69, 9.17) is 4.42 Å². The van der Waals surface area contributed by atoms with Gasteiger partial charge in [-0.15, -0.1) is 0 Å². The minimum absolute atomic E-state index is 0.0873. The zero-order chi connectivity index (χ0) is 13.6. The smallest absolute Gasteiger partial charge is 0.227 e. The van der Waals surface area contributed by atoms with Crippen LogP contribution in [0.25, 0.3) is 11.5 Å². The van der Waals surface area contributed by atoms with Crippen molar-refractivity contribution >= 4 is 5.78 Å². The number of Topliss-reactive ketones (excluding diaryl/α,β-unsaturated/α-hetero) is 1. The molecule has 98 valence electrons. The minimum Gasteiger partial charge on any atom is -0.440 e. The van der Waals surface area contributed by atoms with E-state index in [1.807, 2.05) is 0 Å². The number of nitrogens with zero attached hydrogens (tertiary/aromatic N) is 1. The van der Waals surface area contributed by atoms with Gasteiger partial charge in [-0.25, -0.2) is 9.37 Å². The summed E-state index contributed by atoms with van der Waals surface area (Å²) in [4.78, 5) is 15.9. The first-order chi connectivity index (χ1) is 9.06. The van der Waals surface area contributed by atoms with Crippen molar-refractivity contribution in [1.82, 2.24) is 4.98 Å². The lowest BCUT2D eigenvalue weighted by molar-refractivity contribution is 0.101. The molecule has 0 aliphatic heterocycles. The molecule has 0 amide bonds. The molecule has 1 saturated carbocycles. The highest BCUT2D eigenvalue weighted by Gasteiger charge is 2.33. The van der Waals surface area contributed by atoms with Gasteiger partial charge in [0.1, 0.15) is 17.3 Å². The maximum atomic E-state index is 13.3. The van der Waals surface area contributed by atoms with Crippen molar-refractivity contribution in [3.05, 3.63) is 41.0 Å². The largest absolute Gasteiger partial charge is 0.440 e. The molecule has 0 atom stereocenters. The van der Waals surface area contributed by atoms with E-state index in [1.54, 1.807) is 19.1 Å². The highest BCUT2D eigenvalue weighted by Crippen LogP contribution is 2.43. The standard InChI is InChI=1S/C15H14FNO2/c1-8-7-11(5-6-12(8)16)15-17-13(9(2)18)14(19-15)10-3-4-10/h5-7,10H,3-4H2,1-2H3. The number of rotatable bonds is 3. The van der Waals surface area contributed by atoms with Crippen molar-refractivity contribution in [1.29, 1.82) is 0 Å². The van der Waals surface area contributed by atoms with Gasteiger partial charge in [0.05, 0.1) is 0 Å². The van der Waals surface area contributed by atoms with Gasteiger partial charge < -0.3 is 4.42 Å². The Kier molecular flexibility index (Phi) is 2.73. The van der Waals surface area contributed by atoms with Crippen molar-refractivity contribution in [3.8, 4) is 11.5 Å². The van der Waals surface area contributed by atoms with Crippen LogP contribution >= 0.6 is 0 Å². The summed E-state index contributed by atoms with van der Waals surface area (Å²) in [7, 11) is 0. The number of ketones is 1. The number of hydrogen-bond donors (Lipinski definition) is 0. The van der Waals surface area contributed by atoms with Gasteiger partial charge in [-0.1, -0.05) is 0 Å². The molecule has 0 N–H and O–H groups in total. The fourth-order valence-electron chi connectivity index (χ4n) is 2.11. The molecule has 0 radical (unpaired) electrons. The lowest BCUT2D eigenvalue weighted by Gasteiger charge is -1.99. The summed E-state index contributed by atoms with van der Waals surface area (Å²) >= 11 is 0. The molecule has 1 aromatic heterocycles. The predicted molar refractivity (Wildman–Crippen MR) is 68.6 cm³/mol. The van der Waals surface area contributed by atoms with Crippen molar-refractivity contribution in [2.75, 3.05) is 0 Å². The van der Waals surface area contributed by atoms with Gasteiger partial charge in [0.2, 0.25) is 5.89 Å². The third kappa shape index (κ3) is 2.18. The summed E-state index contributed by atoms with van der Waals surface area (Å²) in [5.41, 5.74) is 1.65. The second kappa shape index (κ2) is 4.30. The van der Waals surface area contributed by atoms with Crippen molar-refractivity contribution in [2.24, 2.45) is 0 Å². The normalized spacial score (nSPS) is 14.7. The Labute approximate surface area is 110 Å². The Morgan fingerprint density at radius 3 is 2.74 bits per heavy atom. The lowest BCUT2D eigenvalue weighted by atomic mass is 10.1. The molecule has 3 rings (SSSR count). The van der Waals surface area contributed by atoms with Crippen molar-refractivity contribution in [2.45, 2.75) is 32.6 Å². The maximum absolute atomic E-state index is 13.3. The first-order valence-electron chi connectivity index (χ1n) is 6.34. The molecule has 0 spiro atoms. The van der Waals surface area contributed by atoms with E-state index in [9.17, 15) is 9.18 Å². The number of halogens is 1. The van der Waals surface area contributed by atoms with Crippen LogP contribution in [0.5, 0.6) is 0 Å². The Balaban J connectivity index is 2.07. The zero-order valence-corrected chi connectivity index (χ0v) is 10.9. The summed E-state index contributed by atoms with van der Waals surface area (Å²) in [6.07, 6.45) is 2.08. The van der Waals surface area contributed by atoms with Crippen molar-refractivity contribution in [3.63, 3.8) is 0 Å². The minimum atomic E-state index is -0.260. The van der Waals surface area contributed by atoms with Gasteiger partial charge in [0, 0.05) is 18.4 Å². The molecule has 1 aliphatic rings. The number of carbonyl (C=O) groups is 1. The quantitative estimate of drug-likeness (QED) is 0.786. The first kappa shape index (κ1) is 12.1. The third-order valence-electron chi connectivity index (χ3n) is 3.34. The summed E-state index contributed by atoms with van der Waals surface area (Å²) in [6, 6.07) is 4.69. The second-order valence-electron chi connectivity index (χ2n) is 5.03. The Morgan fingerprint density at radius 1 is 1.42 bits per heavy atom. The molecule has 2 aromatic rings. The molecule has 0 unspecified atom stereocenters. The van der Waals surface area contributed by atoms with E-state index in [-0.39, 0.29) is 11.6 Å². The fraction of sp³-hybridized carbons (Fsp3) is 0.333. The van der Waals surface area contributed by atoms with Gasteiger partial charge in [-0.2, -0.15) is 0 Å². The van der Waals surface area contributed by atoms with E-state index in [0.717, 1.165) is 12.8 Å². The Morgan fingerprint density at radius 2 is 2.16 bits per heavy atom. The van der Waals surface area contributed by atoms with Crippen LogP contribution in [-0.2, 0) is 0 Å². The number of oxazole rings is 1. The molecular weight excluding hydrogens is 245 g/mol. The third-order valence-corrected chi connectivity index (χ3v) is 3.34. The maximum Gasteiger partial charge on any atom is 0.227 e. The van der Waals surface area contributed by atoms with Gasteiger partial charge in [0.25, 0.3) is 0 Å². The van der Waals surface area contributed by atoms with Crippen LogP contribution in [0.3, 0.4) is 0 Å². The molecule has 4 heteroatoms. The summed E-state index contributed by atoms with van der Waals surface area (Å²) in [5, 5.41) is 0. The molecule has 0 bridgehead atoms. The van der Waals surface area contributed by atoms with Crippen LogP contribution in [0.15, 0.2) is 22.6 Å². The van der Waals surface area contributed by atoms with Gasteiger partial charge >= 0.3 is 0 Å². The van der Waals surface area contributed by atoms with Crippen LogP contribution in [0, 0.1) is 12.7 Å². The van der Waals surface area contributed by atoms with Crippen LogP contribution in [0.1, 0.15) is 47.5 Å². The fourth-order valence-corrected chi connectivity index (χ4v) is 2.11. The van der Waals surface area contributed by atoms with Crippen LogP contribution in [0.2, 0.25) is 0 Å². The molecule has 1 aliphatic carbocycles. The number of aromatic nitrogens is 1. The zero-order valence-electron chi connectivity index (χ0n) is 10.9. The van der Waals surface area contributed by atoms with E-state index >= 15 is 0 Å². The van der Waals surface area contributed by atoms with E-state index in [0.29, 0.717) is 34.4 Å². The molecule has 0 saturated heterocycles. The van der Waals surface area contributed by atoms with E-state index in [2.05, 4.69) is 4.98 Å². The molecule has 19 heavy (non-hydrogen) atoms. The Hall–Kier alpha value is -1.97. The molecular formula is C15H14FNO2. The lowest BCUT2D eigenvalue weighted by Crippen LogP contribution is -1.96. The average Bonchev–Trinajstić information content (AvgIpc) is 3.11. The van der Waals surface area contributed by atoms with E-state index in [1.165, 1.54) is 13.0 Å². The summed E-state index contributed by atoms with van der Waals surface area (Å²) in [6.45, 7) is 3.18. The second-order valence-corrected chi connectivity index (χ2v) is 5.03. The topological polar surface area (TPSA) is 43.1 Å². The number of benzene rings is 1. The molecule has 1 heterocycles. The summed E-state index contributed by atoms with van der Waals surface area (Å²) < 4.78 is 19.0. The number of hydrogen-bond acceptors (Lipinski definition) is 3. The molecule has 3 nitrogen and oxygen atoms in total. The number of carbonyl (C=O) groups excluding carboxylic acids is 1. The van der Waals surface area contributed by atoms with Crippen LogP contribution < -0.4 is 0 Å². The van der Waals surface area contributed by atoms with Crippen LogP contribution in [-0.4, -0.2) is 10.8 Å². The van der Waals surface area contributed by atoms with Gasteiger partial charge in [0.15, 0.2) is 5.78 Å². The number of aryl methyl sites for hydroxylation is 1. The van der Waals surface area contributed by atoms with Crippen molar-refractivity contribution < 1.29 is 13.6 Å². The van der Waals surface area contributed by atoms with Gasteiger partial charge in [-0.3, -0.25) is 4.79 Å².